The number of hydrogen-bond acceptors (Lipinski definition) is 3. The van der Waals surface area contributed by atoms with Crippen LogP contribution >= 0.6 is 34.8 Å². The molecule has 0 aliphatic heterocycles. The van der Waals surface area contributed by atoms with Gasteiger partial charge in [0.05, 0.1) is 11.4 Å². The van der Waals surface area contributed by atoms with Gasteiger partial charge in [-0.25, -0.2) is 8.42 Å². The van der Waals surface area contributed by atoms with Gasteiger partial charge in [0.15, 0.2) is 0 Å². The van der Waals surface area contributed by atoms with E-state index in [2.05, 4.69) is 5.32 Å². The number of nitrogens with zero attached hydrogens (tertiary/aromatic N) is 1. The lowest BCUT2D eigenvalue weighted by atomic mass is 10.1. The lowest BCUT2D eigenvalue weighted by molar-refractivity contribution is -0.121. The van der Waals surface area contributed by atoms with Gasteiger partial charge in [-0.15, -0.1) is 0 Å². The number of carbonyl (C=O) groups is 1. The molecule has 0 radical (unpaired) electrons. The fourth-order valence-corrected chi connectivity index (χ4v) is 5.01. The van der Waals surface area contributed by atoms with Crippen LogP contribution in [-0.2, 0) is 27.8 Å². The molecule has 0 heterocycles. The summed E-state index contributed by atoms with van der Waals surface area (Å²) in [5.41, 5.74) is 1.65. The van der Waals surface area contributed by atoms with E-state index in [1.54, 1.807) is 18.2 Å². The number of rotatable bonds is 9. The maximum absolute atomic E-state index is 13.2. The summed E-state index contributed by atoms with van der Waals surface area (Å²) in [5, 5.41) is 4.07. The fourth-order valence-electron chi connectivity index (χ4n) is 3.01. The van der Waals surface area contributed by atoms with Gasteiger partial charge in [-0.05, 0) is 53.9 Å². The van der Waals surface area contributed by atoms with Crippen LogP contribution in [0, 0.1) is 0 Å². The third kappa shape index (κ3) is 6.70. The van der Waals surface area contributed by atoms with Gasteiger partial charge in [-0.2, -0.15) is 4.31 Å². The third-order valence-corrected chi connectivity index (χ3v) is 7.45. The van der Waals surface area contributed by atoms with Gasteiger partial charge in [0.2, 0.25) is 15.9 Å². The molecule has 3 rings (SSSR count). The maximum atomic E-state index is 13.2. The molecule has 168 valence electrons. The number of sulfonamides is 1. The quantitative estimate of drug-likeness (QED) is 0.429. The second kappa shape index (κ2) is 11.2. The van der Waals surface area contributed by atoms with Crippen LogP contribution in [0.2, 0.25) is 15.1 Å². The molecule has 0 saturated carbocycles. The van der Waals surface area contributed by atoms with Crippen LogP contribution < -0.4 is 5.32 Å². The average Bonchev–Trinajstić information content (AvgIpc) is 2.77. The van der Waals surface area contributed by atoms with E-state index < -0.39 is 15.9 Å². The van der Waals surface area contributed by atoms with Gasteiger partial charge in [-0.1, -0.05) is 71.2 Å². The van der Waals surface area contributed by atoms with Crippen molar-refractivity contribution in [3.05, 3.63) is 99.0 Å². The van der Waals surface area contributed by atoms with E-state index >= 15 is 0 Å². The molecule has 0 atom stereocenters. The minimum absolute atomic E-state index is 0.0727. The van der Waals surface area contributed by atoms with E-state index in [1.165, 1.54) is 28.6 Å². The molecule has 0 unspecified atom stereocenters. The highest BCUT2D eigenvalue weighted by molar-refractivity contribution is 7.89. The molecule has 0 spiro atoms. The Morgan fingerprint density at radius 2 is 1.53 bits per heavy atom. The van der Waals surface area contributed by atoms with Crippen molar-refractivity contribution in [2.24, 2.45) is 0 Å². The summed E-state index contributed by atoms with van der Waals surface area (Å²) in [6, 6.07) is 20.3. The lowest BCUT2D eigenvalue weighted by Crippen LogP contribution is -2.41. The Bertz CT molecular complexity index is 1170. The Balaban J connectivity index is 1.75. The predicted octanol–water partition coefficient (Wildman–Crippen LogP) is 5.20. The van der Waals surface area contributed by atoms with E-state index in [1.807, 2.05) is 30.3 Å². The SMILES string of the molecule is O=C(CN(CCc1ccccc1)S(=O)(=O)c1ccc(Cl)cc1)NCc1ccc(Cl)cc1Cl. The first kappa shape index (κ1) is 24.6. The van der Waals surface area contributed by atoms with Crippen molar-refractivity contribution < 1.29 is 13.2 Å². The van der Waals surface area contributed by atoms with Crippen LogP contribution in [-0.4, -0.2) is 31.7 Å². The molecule has 3 aromatic carbocycles. The van der Waals surface area contributed by atoms with E-state index in [9.17, 15) is 13.2 Å². The standard InChI is InChI=1S/C23H21Cl3N2O3S/c24-19-8-10-21(11-9-19)32(30,31)28(13-12-17-4-2-1-3-5-17)16-23(29)27-15-18-6-7-20(25)14-22(18)26/h1-11,14H,12-13,15-16H2,(H,27,29). The summed E-state index contributed by atoms with van der Waals surface area (Å²) in [6.45, 7) is -0.0323. The molecule has 3 aromatic rings. The zero-order chi connectivity index (χ0) is 23.1. The summed E-state index contributed by atoms with van der Waals surface area (Å²) in [5.74, 6) is -0.443. The summed E-state index contributed by atoms with van der Waals surface area (Å²) < 4.78 is 27.6. The highest BCUT2D eigenvalue weighted by Gasteiger charge is 2.26. The number of halogens is 3. The molecule has 1 N–H and O–H groups in total. The van der Waals surface area contributed by atoms with Crippen molar-refractivity contribution in [3.8, 4) is 0 Å². The first-order valence-corrected chi connectivity index (χ1v) is 12.3. The molecule has 1 amide bonds. The molecular weight excluding hydrogens is 491 g/mol. The lowest BCUT2D eigenvalue weighted by Gasteiger charge is -2.22. The minimum atomic E-state index is -3.91. The maximum Gasteiger partial charge on any atom is 0.243 e. The van der Waals surface area contributed by atoms with Crippen LogP contribution in [0.25, 0.3) is 0 Å². The van der Waals surface area contributed by atoms with Crippen LogP contribution in [0.5, 0.6) is 0 Å². The molecule has 9 heteroatoms. The Hall–Kier alpha value is -2.09. The molecule has 32 heavy (non-hydrogen) atoms. The zero-order valence-corrected chi connectivity index (χ0v) is 20.1. The van der Waals surface area contributed by atoms with Crippen molar-refractivity contribution >= 4 is 50.7 Å². The van der Waals surface area contributed by atoms with E-state index in [4.69, 9.17) is 34.8 Å². The summed E-state index contributed by atoms with van der Waals surface area (Å²) >= 11 is 17.9. The van der Waals surface area contributed by atoms with Gasteiger partial charge in [-0.3, -0.25) is 4.79 Å². The molecule has 5 nitrogen and oxygen atoms in total. The minimum Gasteiger partial charge on any atom is -0.351 e. The van der Waals surface area contributed by atoms with E-state index in [-0.39, 0.29) is 24.5 Å². The van der Waals surface area contributed by atoms with Crippen LogP contribution in [0.15, 0.2) is 77.7 Å². The van der Waals surface area contributed by atoms with Gasteiger partial charge < -0.3 is 5.32 Å². The van der Waals surface area contributed by atoms with Crippen molar-refractivity contribution in [1.82, 2.24) is 9.62 Å². The fraction of sp³-hybridized carbons (Fsp3) is 0.174. The normalized spacial score (nSPS) is 11.5. The Morgan fingerprint density at radius 1 is 0.875 bits per heavy atom. The van der Waals surface area contributed by atoms with Crippen molar-refractivity contribution in [2.75, 3.05) is 13.1 Å². The second-order valence-corrected chi connectivity index (χ2v) is 10.3. The molecular formula is C23H21Cl3N2O3S. The topological polar surface area (TPSA) is 66.5 Å². The largest absolute Gasteiger partial charge is 0.351 e. The average molecular weight is 512 g/mol. The van der Waals surface area contributed by atoms with Gasteiger partial charge in [0.1, 0.15) is 0 Å². The van der Waals surface area contributed by atoms with Crippen LogP contribution in [0.4, 0.5) is 0 Å². The van der Waals surface area contributed by atoms with Gasteiger partial charge in [0, 0.05) is 28.2 Å². The van der Waals surface area contributed by atoms with Crippen molar-refractivity contribution in [1.29, 1.82) is 0 Å². The summed E-state index contributed by atoms with van der Waals surface area (Å²) in [4.78, 5) is 12.7. The van der Waals surface area contributed by atoms with Gasteiger partial charge in [0.25, 0.3) is 0 Å². The molecule has 0 fully saturated rings. The van der Waals surface area contributed by atoms with Crippen molar-refractivity contribution in [2.45, 2.75) is 17.9 Å². The molecule has 0 aromatic heterocycles. The molecule has 0 bridgehead atoms. The summed E-state index contributed by atoms with van der Waals surface area (Å²) in [7, 11) is -3.91. The van der Waals surface area contributed by atoms with E-state index in [0.717, 1.165) is 5.56 Å². The Labute approximate surface area is 203 Å². The first-order chi connectivity index (χ1) is 15.3. The van der Waals surface area contributed by atoms with Crippen LogP contribution in [0.1, 0.15) is 11.1 Å². The summed E-state index contributed by atoms with van der Waals surface area (Å²) in [6.07, 6.45) is 0.462. The highest BCUT2D eigenvalue weighted by Crippen LogP contribution is 2.21. The number of carbonyl (C=O) groups excluding carboxylic acids is 1. The van der Waals surface area contributed by atoms with E-state index in [0.29, 0.717) is 27.1 Å². The number of hydrogen-bond donors (Lipinski definition) is 1. The highest BCUT2D eigenvalue weighted by atomic mass is 35.5. The molecule has 0 aliphatic rings. The number of benzene rings is 3. The smallest absolute Gasteiger partial charge is 0.243 e. The zero-order valence-electron chi connectivity index (χ0n) is 17.0. The predicted molar refractivity (Wildman–Crippen MR) is 129 cm³/mol. The molecule has 0 aliphatic carbocycles. The number of amides is 1. The molecule has 0 saturated heterocycles. The van der Waals surface area contributed by atoms with Gasteiger partial charge >= 0.3 is 0 Å². The van der Waals surface area contributed by atoms with Crippen LogP contribution in [0.3, 0.4) is 0 Å². The first-order valence-electron chi connectivity index (χ1n) is 9.76. The number of nitrogens with one attached hydrogen (secondary N) is 1. The monoisotopic (exact) mass is 510 g/mol. The third-order valence-electron chi connectivity index (χ3n) is 4.76. The Kier molecular flexibility index (Phi) is 8.57. The van der Waals surface area contributed by atoms with Crippen molar-refractivity contribution in [3.63, 3.8) is 0 Å². The Morgan fingerprint density at radius 3 is 2.19 bits per heavy atom. The second-order valence-electron chi connectivity index (χ2n) is 7.04.